The molecule has 0 aliphatic heterocycles. The molecule has 0 fully saturated rings. The minimum atomic E-state index is -0.287. The fourth-order valence-electron chi connectivity index (χ4n) is 8.21. The molecule has 11 aromatic rings. The second-order valence-corrected chi connectivity index (χ2v) is 15.0. The molecule has 0 aliphatic carbocycles. The maximum Gasteiger partial charge on any atom is 0.164 e. The molecule has 0 unspecified atom stereocenters. The molecule has 0 radical (unpaired) electrons. The van der Waals surface area contributed by atoms with Gasteiger partial charge in [0.2, 0.25) is 0 Å². The van der Waals surface area contributed by atoms with Crippen molar-refractivity contribution in [2.45, 2.75) is 0 Å². The van der Waals surface area contributed by atoms with E-state index in [0.29, 0.717) is 28.4 Å². The molecule has 0 aliphatic rings. The zero-order valence-electron chi connectivity index (χ0n) is 36.9. The Balaban J connectivity index is 1.11. The first-order chi connectivity index (χ1) is 31.9. The average Bonchev–Trinajstić information content (AvgIpc) is 3.74. The lowest BCUT2D eigenvalue weighted by Crippen LogP contribution is -2.01. The van der Waals surface area contributed by atoms with Gasteiger partial charge in [-0.15, -0.1) is 0 Å². The first-order valence-corrected chi connectivity index (χ1v) is 20.3. The second kappa shape index (κ2) is 15.5. The van der Waals surface area contributed by atoms with Crippen molar-refractivity contribution >= 4 is 21.8 Å². The SMILES string of the molecule is [2H]c1c([2H])c([2H])c2c(c1[2H])c1cccc(-c3cc(-c4ccccc4)cc(-c4ccccc4)c3)c1n2-c1ccc(-c2nc(-c3ccccc3)nc(-c3cccc(-c4ccccc4)c3)n2)cc1. The van der Waals surface area contributed by atoms with Crippen LogP contribution in [0.15, 0.2) is 230 Å². The predicted octanol–water partition coefficient (Wildman–Crippen LogP) is 14.6. The topological polar surface area (TPSA) is 43.6 Å². The zero-order valence-corrected chi connectivity index (χ0v) is 32.9. The summed E-state index contributed by atoms with van der Waals surface area (Å²) in [4.78, 5) is 15.1. The molecule has 0 saturated carbocycles. The van der Waals surface area contributed by atoms with Gasteiger partial charge in [-0.2, -0.15) is 0 Å². The van der Waals surface area contributed by atoms with Crippen LogP contribution in [0.3, 0.4) is 0 Å². The van der Waals surface area contributed by atoms with Gasteiger partial charge in [-0.3, -0.25) is 0 Å². The lowest BCUT2D eigenvalue weighted by Gasteiger charge is -2.15. The Morgan fingerprint density at radius 3 is 1.38 bits per heavy atom. The van der Waals surface area contributed by atoms with Gasteiger partial charge in [0.05, 0.1) is 16.5 Å². The summed E-state index contributed by atoms with van der Waals surface area (Å²) in [6.07, 6.45) is 0. The summed E-state index contributed by atoms with van der Waals surface area (Å²) < 4.78 is 38.1. The third-order valence-electron chi connectivity index (χ3n) is 11.2. The number of hydrogen-bond donors (Lipinski definition) is 0. The molecule has 2 aromatic heterocycles. The van der Waals surface area contributed by atoms with Gasteiger partial charge < -0.3 is 4.57 Å². The van der Waals surface area contributed by atoms with E-state index in [4.69, 9.17) is 17.7 Å². The largest absolute Gasteiger partial charge is 0.309 e. The van der Waals surface area contributed by atoms with Gasteiger partial charge in [0.25, 0.3) is 0 Å². The quantitative estimate of drug-likeness (QED) is 0.154. The third kappa shape index (κ3) is 6.86. The molecule has 0 spiro atoms. The maximum absolute atomic E-state index is 9.34. The number of benzene rings is 9. The molecule has 61 heavy (non-hydrogen) atoms. The van der Waals surface area contributed by atoms with Crippen LogP contribution >= 0.6 is 0 Å². The Kier molecular flexibility index (Phi) is 8.07. The fraction of sp³-hybridized carbons (Fsp3) is 0. The van der Waals surface area contributed by atoms with Crippen LogP contribution in [-0.2, 0) is 0 Å². The number of fused-ring (bicyclic) bond motifs is 3. The van der Waals surface area contributed by atoms with E-state index in [-0.39, 0.29) is 24.2 Å². The number of para-hydroxylation sites is 2. The van der Waals surface area contributed by atoms with E-state index in [1.807, 2.05) is 138 Å². The van der Waals surface area contributed by atoms with Gasteiger partial charge in [0.15, 0.2) is 17.5 Å². The lowest BCUT2D eigenvalue weighted by molar-refractivity contribution is 1.07. The molecule has 4 heteroatoms. The van der Waals surface area contributed by atoms with Gasteiger partial charge >= 0.3 is 0 Å². The van der Waals surface area contributed by atoms with Crippen LogP contribution in [0.1, 0.15) is 5.48 Å². The van der Waals surface area contributed by atoms with E-state index in [9.17, 15) is 2.74 Å². The van der Waals surface area contributed by atoms with Crippen LogP contribution in [0, 0.1) is 0 Å². The predicted molar refractivity (Wildman–Crippen MR) is 252 cm³/mol. The minimum Gasteiger partial charge on any atom is -0.309 e. The maximum atomic E-state index is 9.34. The minimum absolute atomic E-state index is 0.0796. The van der Waals surface area contributed by atoms with Crippen molar-refractivity contribution in [3.8, 4) is 84.4 Å². The van der Waals surface area contributed by atoms with Crippen molar-refractivity contribution < 1.29 is 5.48 Å². The first kappa shape index (κ1) is 31.7. The molecule has 0 N–H and O–H groups in total. The molecule has 4 nitrogen and oxygen atoms in total. The summed E-state index contributed by atoms with van der Waals surface area (Å²) in [5.74, 6) is 1.60. The number of rotatable bonds is 8. The average molecular weight is 783 g/mol. The van der Waals surface area contributed by atoms with Gasteiger partial charge in [-0.25, -0.2) is 15.0 Å². The molecule has 0 saturated heterocycles. The Labute approximate surface area is 360 Å². The second-order valence-electron chi connectivity index (χ2n) is 15.0. The van der Waals surface area contributed by atoms with Crippen LogP contribution in [-0.4, -0.2) is 19.5 Å². The molecule has 286 valence electrons. The van der Waals surface area contributed by atoms with Crippen LogP contribution < -0.4 is 0 Å². The van der Waals surface area contributed by atoms with E-state index in [1.54, 1.807) is 0 Å². The van der Waals surface area contributed by atoms with E-state index >= 15 is 0 Å². The molecule has 11 rings (SSSR count). The molecule has 0 atom stereocenters. The molecule has 0 bridgehead atoms. The van der Waals surface area contributed by atoms with E-state index in [0.717, 1.165) is 77.8 Å². The van der Waals surface area contributed by atoms with Gasteiger partial charge in [0, 0.05) is 38.7 Å². The van der Waals surface area contributed by atoms with Crippen molar-refractivity contribution in [3.05, 3.63) is 230 Å². The van der Waals surface area contributed by atoms with Gasteiger partial charge in [-0.1, -0.05) is 176 Å². The van der Waals surface area contributed by atoms with Crippen molar-refractivity contribution in [3.63, 3.8) is 0 Å². The summed E-state index contributed by atoms with van der Waals surface area (Å²) >= 11 is 0. The van der Waals surface area contributed by atoms with Crippen LogP contribution in [0.5, 0.6) is 0 Å². The highest BCUT2D eigenvalue weighted by molar-refractivity contribution is 6.14. The normalized spacial score (nSPS) is 12.2. The number of aromatic nitrogens is 4. The molecule has 9 aromatic carbocycles. The fourth-order valence-corrected chi connectivity index (χ4v) is 8.21. The van der Waals surface area contributed by atoms with Crippen LogP contribution in [0.25, 0.3) is 106 Å². The van der Waals surface area contributed by atoms with E-state index in [2.05, 4.69) is 72.8 Å². The van der Waals surface area contributed by atoms with Gasteiger partial charge in [-0.05, 0) is 93.5 Å². The summed E-state index contributed by atoms with van der Waals surface area (Å²) in [5.41, 5.74) is 12.7. The standard InChI is InChI=1S/C57H38N4/c1-5-17-39(18-6-1)44-25-15-26-45(35-44)57-59-55(42-23-11-4-12-24-42)58-56(60-57)43-31-33-49(34-32-43)61-53-30-14-13-27-51(53)52-29-16-28-50(54(52)61)48-37-46(40-19-7-2-8-20-40)36-47(38-48)41-21-9-3-10-22-41/h1-38H/i13D,14D,27D,30D. The Morgan fingerprint density at radius 1 is 0.328 bits per heavy atom. The van der Waals surface area contributed by atoms with Crippen LogP contribution in [0.2, 0.25) is 0 Å². The summed E-state index contributed by atoms with van der Waals surface area (Å²) in [6, 6.07) is 68.7. The smallest absolute Gasteiger partial charge is 0.164 e. The molecule has 2 heterocycles. The number of hydrogen-bond acceptors (Lipinski definition) is 3. The highest BCUT2D eigenvalue weighted by Gasteiger charge is 2.19. The van der Waals surface area contributed by atoms with Crippen molar-refractivity contribution in [2.75, 3.05) is 0 Å². The molecule has 0 amide bonds. The Hall–Kier alpha value is -8.21. The number of nitrogens with zero attached hydrogens (tertiary/aromatic N) is 4. The van der Waals surface area contributed by atoms with E-state index < -0.39 is 0 Å². The molecular formula is C57H38N4. The summed E-state index contributed by atoms with van der Waals surface area (Å²) in [5, 5.41) is 1.19. The highest BCUT2D eigenvalue weighted by atomic mass is 15.0. The Bertz CT molecular complexity index is 3500. The third-order valence-corrected chi connectivity index (χ3v) is 11.2. The monoisotopic (exact) mass is 782 g/mol. The highest BCUT2D eigenvalue weighted by Crippen LogP contribution is 2.41. The molecular weight excluding hydrogens is 741 g/mol. The Morgan fingerprint density at radius 2 is 0.770 bits per heavy atom. The van der Waals surface area contributed by atoms with Gasteiger partial charge in [0.1, 0.15) is 0 Å². The summed E-state index contributed by atoms with van der Waals surface area (Å²) in [6.45, 7) is 0. The van der Waals surface area contributed by atoms with Crippen LogP contribution in [0.4, 0.5) is 0 Å². The van der Waals surface area contributed by atoms with Crippen molar-refractivity contribution in [1.82, 2.24) is 19.5 Å². The zero-order chi connectivity index (χ0) is 44.0. The lowest BCUT2D eigenvalue weighted by atomic mass is 9.92. The summed E-state index contributed by atoms with van der Waals surface area (Å²) in [7, 11) is 0. The van der Waals surface area contributed by atoms with E-state index in [1.165, 1.54) is 0 Å². The first-order valence-electron chi connectivity index (χ1n) is 22.3. The van der Waals surface area contributed by atoms with Crippen molar-refractivity contribution in [2.24, 2.45) is 0 Å². The van der Waals surface area contributed by atoms with Crippen molar-refractivity contribution in [1.29, 1.82) is 0 Å².